The monoisotopic (exact) mass is 330 g/mol. The van der Waals surface area contributed by atoms with Crippen molar-refractivity contribution in [3.8, 4) is 0 Å². The van der Waals surface area contributed by atoms with Gasteiger partial charge in [-0.15, -0.1) is 0 Å². The van der Waals surface area contributed by atoms with E-state index in [2.05, 4.69) is 4.98 Å². The van der Waals surface area contributed by atoms with Gasteiger partial charge in [0.25, 0.3) is 0 Å². The Labute approximate surface area is 138 Å². The molecular formula is C17H12Cl2N2O. The summed E-state index contributed by atoms with van der Waals surface area (Å²) in [5.41, 5.74) is 2.25. The zero-order valence-electron chi connectivity index (χ0n) is 11.5. The zero-order valence-corrected chi connectivity index (χ0v) is 13.1. The first kappa shape index (κ1) is 14.8. The first-order valence-electron chi connectivity index (χ1n) is 6.70. The third-order valence-electron chi connectivity index (χ3n) is 3.22. The topological polar surface area (TPSA) is 39.0 Å². The van der Waals surface area contributed by atoms with Gasteiger partial charge >= 0.3 is 0 Å². The number of aromatic nitrogens is 1. The molecule has 0 fully saturated rings. The predicted octanol–water partition coefficient (Wildman–Crippen LogP) is 4.67. The van der Waals surface area contributed by atoms with Gasteiger partial charge in [0.1, 0.15) is 5.15 Å². The van der Waals surface area contributed by atoms with Gasteiger partial charge in [-0.05, 0) is 24.3 Å². The molecule has 3 rings (SSSR count). The first-order valence-corrected chi connectivity index (χ1v) is 7.46. The number of hydrogen-bond acceptors (Lipinski definition) is 2. The smallest absolute Gasteiger partial charge is 0.185 e. The van der Waals surface area contributed by atoms with Crippen LogP contribution in [0.2, 0.25) is 10.2 Å². The van der Waals surface area contributed by atoms with Crippen molar-refractivity contribution in [2.24, 2.45) is 0 Å². The van der Waals surface area contributed by atoms with Crippen LogP contribution in [0.3, 0.4) is 0 Å². The quantitative estimate of drug-likeness (QED) is 0.230. The highest BCUT2D eigenvalue weighted by molar-refractivity contribution is 6.33. The zero-order chi connectivity index (χ0) is 15.5. The van der Waals surface area contributed by atoms with E-state index in [1.807, 2.05) is 36.4 Å². The lowest BCUT2D eigenvalue weighted by Crippen LogP contribution is -2.06. The summed E-state index contributed by atoms with van der Waals surface area (Å²) >= 11 is 12.1. The van der Waals surface area contributed by atoms with E-state index in [4.69, 9.17) is 23.2 Å². The maximum atomic E-state index is 12.1. The Morgan fingerprint density at radius 3 is 2.59 bits per heavy atom. The fraction of sp³-hybridized carbons (Fsp3) is 0.0588. The molecule has 0 amide bonds. The van der Waals surface area contributed by atoms with Crippen LogP contribution in [0.5, 0.6) is 0 Å². The van der Waals surface area contributed by atoms with E-state index in [9.17, 15) is 5.21 Å². The minimum absolute atomic E-state index is 0.255. The van der Waals surface area contributed by atoms with Crippen LogP contribution in [0.4, 0.5) is 0 Å². The van der Waals surface area contributed by atoms with Gasteiger partial charge in [-0.3, -0.25) is 0 Å². The van der Waals surface area contributed by atoms with Crippen molar-refractivity contribution in [3.05, 3.63) is 81.1 Å². The van der Waals surface area contributed by atoms with Crippen molar-refractivity contribution < 1.29 is 4.74 Å². The summed E-state index contributed by atoms with van der Waals surface area (Å²) in [7, 11) is 0. The summed E-state index contributed by atoms with van der Waals surface area (Å²) < 4.78 is 0.842. The second kappa shape index (κ2) is 6.34. The maximum absolute atomic E-state index is 12.1. The molecule has 5 heteroatoms. The fourth-order valence-electron chi connectivity index (χ4n) is 2.19. The molecule has 0 aliphatic carbocycles. The molecule has 0 bridgehead atoms. The molecule has 0 unspecified atom stereocenters. The minimum atomic E-state index is 0.255. The van der Waals surface area contributed by atoms with Crippen LogP contribution >= 0.6 is 23.2 Å². The van der Waals surface area contributed by atoms with Crippen molar-refractivity contribution in [2.45, 2.75) is 6.54 Å². The van der Waals surface area contributed by atoms with E-state index < -0.39 is 0 Å². The molecule has 0 radical (unpaired) electrons. The number of pyridine rings is 1. The predicted molar refractivity (Wildman–Crippen MR) is 90.7 cm³/mol. The maximum Gasteiger partial charge on any atom is 0.185 e. The van der Waals surface area contributed by atoms with Crippen LogP contribution in [0, 0.1) is 5.21 Å². The lowest BCUT2D eigenvalue weighted by atomic mass is 10.1. The van der Waals surface area contributed by atoms with Crippen molar-refractivity contribution in [1.29, 1.82) is 0 Å². The van der Waals surface area contributed by atoms with Gasteiger partial charge in [-0.25, -0.2) is 9.72 Å². The average Bonchev–Trinajstić information content (AvgIpc) is 2.49. The summed E-state index contributed by atoms with van der Waals surface area (Å²) in [6, 6.07) is 16.7. The standard InChI is InChI=1S/C17H12Cl2N2O/c18-15-6-7-16-13(9-15)8-14(17(19)20-16)11-21(22)10-12-4-2-1-3-5-12/h1-9,11H,10H2. The SMILES string of the molecule is [O-][N+](=Cc1cc2cc(Cl)ccc2nc1Cl)Cc1ccccc1. The van der Waals surface area contributed by atoms with Crippen LogP contribution in [0.15, 0.2) is 54.6 Å². The highest BCUT2D eigenvalue weighted by Crippen LogP contribution is 2.22. The third-order valence-corrected chi connectivity index (χ3v) is 3.76. The summed E-state index contributed by atoms with van der Waals surface area (Å²) in [6.45, 7) is 0.255. The van der Waals surface area contributed by atoms with Crippen molar-refractivity contribution in [1.82, 2.24) is 4.98 Å². The van der Waals surface area contributed by atoms with Gasteiger partial charge in [0, 0.05) is 16.0 Å². The van der Waals surface area contributed by atoms with Gasteiger partial charge in [0.05, 0.1) is 11.1 Å². The van der Waals surface area contributed by atoms with E-state index >= 15 is 0 Å². The molecule has 0 spiro atoms. The van der Waals surface area contributed by atoms with Crippen molar-refractivity contribution >= 4 is 40.3 Å². The molecule has 1 aromatic heterocycles. The van der Waals surface area contributed by atoms with Gasteiger partial charge in [0.15, 0.2) is 12.8 Å². The van der Waals surface area contributed by atoms with Crippen LogP contribution < -0.4 is 0 Å². The van der Waals surface area contributed by atoms with Crippen LogP contribution in [0.25, 0.3) is 10.9 Å². The molecular weight excluding hydrogens is 319 g/mol. The number of rotatable bonds is 3. The van der Waals surface area contributed by atoms with Crippen molar-refractivity contribution in [2.75, 3.05) is 0 Å². The van der Waals surface area contributed by atoms with E-state index in [0.717, 1.165) is 21.2 Å². The molecule has 3 nitrogen and oxygen atoms in total. The number of halogens is 2. The Morgan fingerprint density at radius 1 is 1.05 bits per heavy atom. The van der Waals surface area contributed by atoms with Crippen LogP contribution in [-0.2, 0) is 6.54 Å². The Bertz CT molecular complexity index is 848. The first-order chi connectivity index (χ1) is 10.6. The lowest BCUT2D eigenvalue weighted by molar-refractivity contribution is -0.469. The number of benzene rings is 2. The van der Waals surface area contributed by atoms with E-state index in [1.54, 1.807) is 18.2 Å². The number of nitrogens with zero attached hydrogens (tertiary/aromatic N) is 2. The minimum Gasteiger partial charge on any atom is -0.624 e. The number of hydroxylamine groups is 1. The summed E-state index contributed by atoms with van der Waals surface area (Å²) in [6.07, 6.45) is 1.45. The van der Waals surface area contributed by atoms with Gasteiger partial charge in [0.2, 0.25) is 0 Å². The molecule has 110 valence electrons. The Hall–Kier alpha value is -2.10. The normalized spacial score (nSPS) is 11.8. The summed E-state index contributed by atoms with van der Waals surface area (Å²) in [4.78, 5) is 4.29. The van der Waals surface area contributed by atoms with E-state index in [1.165, 1.54) is 6.21 Å². The Kier molecular flexibility index (Phi) is 4.27. The van der Waals surface area contributed by atoms with E-state index in [-0.39, 0.29) is 6.54 Å². The molecule has 0 saturated heterocycles. The second-order valence-electron chi connectivity index (χ2n) is 4.90. The van der Waals surface area contributed by atoms with Crippen LogP contribution in [-0.4, -0.2) is 15.9 Å². The van der Waals surface area contributed by atoms with E-state index in [0.29, 0.717) is 15.7 Å². The fourth-order valence-corrected chi connectivity index (χ4v) is 2.57. The molecule has 2 aromatic carbocycles. The summed E-state index contributed by atoms with van der Waals surface area (Å²) in [5, 5.41) is 13.8. The molecule has 0 saturated carbocycles. The second-order valence-corrected chi connectivity index (χ2v) is 5.69. The van der Waals surface area contributed by atoms with Gasteiger partial charge in [-0.1, -0.05) is 53.5 Å². The molecule has 0 aliphatic heterocycles. The van der Waals surface area contributed by atoms with Crippen LogP contribution in [0.1, 0.15) is 11.1 Å². The highest BCUT2D eigenvalue weighted by atomic mass is 35.5. The number of hydrogen-bond donors (Lipinski definition) is 0. The summed E-state index contributed by atoms with van der Waals surface area (Å²) in [5.74, 6) is 0. The molecule has 0 atom stereocenters. The molecule has 0 N–H and O–H groups in total. The molecule has 3 aromatic rings. The Balaban J connectivity index is 1.95. The highest BCUT2D eigenvalue weighted by Gasteiger charge is 2.07. The van der Waals surface area contributed by atoms with Crippen molar-refractivity contribution in [3.63, 3.8) is 0 Å². The lowest BCUT2D eigenvalue weighted by Gasteiger charge is -2.06. The molecule has 1 heterocycles. The molecule has 22 heavy (non-hydrogen) atoms. The Morgan fingerprint density at radius 2 is 1.82 bits per heavy atom. The largest absolute Gasteiger partial charge is 0.624 e. The van der Waals surface area contributed by atoms with Gasteiger partial charge in [-0.2, -0.15) is 0 Å². The third kappa shape index (κ3) is 3.38. The molecule has 0 aliphatic rings. The average molecular weight is 331 g/mol. The number of fused-ring (bicyclic) bond motifs is 1. The van der Waals surface area contributed by atoms with Gasteiger partial charge < -0.3 is 5.21 Å².